The van der Waals surface area contributed by atoms with Crippen LogP contribution in [-0.4, -0.2) is 11.7 Å². The van der Waals surface area contributed by atoms with Crippen molar-refractivity contribution in [2.45, 2.75) is 39.4 Å². The van der Waals surface area contributed by atoms with Gasteiger partial charge in [-0.1, -0.05) is 19.9 Å². The molecule has 0 spiro atoms. The first kappa shape index (κ1) is 7.80. The summed E-state index contributed by atoms with van der Waals surface area (Å²) in [6, 6.07) is 0. The zero-order chi connectivity index (χ0) is 7.99. The molecule has 1 rings (SSSR count). The van der Waals surface area contributed by atoms with Crippen LogP contribution in [0, 0.1) is 5.41 Å². The van der Waals surface area contributed by atoms with E-state index in [1.165, 1.54) is 0 Å². The summed E-state index contributed by atoms with van der Waals surface area (Å²) in [5, 5.41) is 0. The van der Waals surface area contributed by atoms with Crippen LogP contribution in [0.5, 0.6) is 0 Å². The van der Waals surface area contributed by atoms with Crippen molar-refractivity contribution < 1.29 is 4.74 Å². The average Bonchev–Trinajstić information content (AvgIpc) is 1.83. The van der Waals surface area contributed by atoms with Crippen molar-refractivity contribution in [1.82, 2.24) is 0 Å². The van der Waals surface area contributed by atoms with Crippen molar-refractivity contribution >= 4 is 0 Å². The van der Waals surface area contributed by atoms with E-state index in [1.807, 2.05) is 6.08 Å². The largest absolute Gasteiger partial charge is 0.367 e. The van der Waals surface area contributed by atoms with Crippen molar-refractivity contribution in [2.75, 3.05) is 0 Å². The second kappa shape index (κ2) is 1.85. The van der Waals surface area contributed by atoms with Crippen molar-refractivity contribution in [3.05, 3.63) is 12.7 Å². The van der Waals surface area contributed by atoms with Gasteiger partial charge in [0.25, 0.3) is 0 Å². The molecule has 1 aliphatic heterocycles. The molecule has 10 heavy (non-hydrogen) atoms. The predicted molar refractivity (Wildman–Crippen MR) is 42.9 cm³/mol. The highest BCUT2D eigenvalue weighted by molar-refractivity contribution is 5.09. The fourth-order valence-corrected chi connectivity index (χ4v) is 1.24. The molecule has 1 fully saturated rings. The van der Waals surface area contributed by atoms with Gasteiger partial charge in [0.05, 0.1) is 11.7 Å². The number of ether oxygens (including phenoxy) is 1. The van der Waals surface area contributed by atoms with E-state index < -0.39 is 0 Å². The molecule has 1 heterocycles. The van der Waals surface area contributed by atoms with Crippen LogP contribution in [0.25, 0.3) is 0 Å². The van der Waals surface area contributed by atoms with Gasteiger partial charge in [-0.2, -0.15) is 0 Å². The Bertz CT molecular complexity index is 156. The lowest BCUT2D eigenvalue weighted by Crippen LogP contribution is -2.62. The lowest BCUT2D eigenvalue weighted by molar-refractivity contribution is -0.269. The van der Waals surface area contributed by atoms with Crippen LogP contribution in [-0.2, 0) is 4.74 Å². The van der Waals surface area contributed by atoms with Gasteiger partial charge >= 0.3 is 0 Å². The van der Waals surface area contributed by atoms with E-state index in [0.29, 0.717) is 0 Å². The predicted octanol–water partition coefficient (Wildman–Crippen LogP) is 2.38. The lowest BCUT2D eigenvalue weighted by Gasteiger charge is -2.57. The highest BCUT2D eigenvalue weighted by atomic mass is 16.5. The molecule has 0 saturated carbocycles. The van der Waals surface area contributed by atoms with Gasteiger partial charge in [0.1, 0.15) is 0 Å². The van der Waals surface area contributed by atoms with E-state index in [-0.39, 0.29) is 17.1 Å². The quantitative estimate of drug-likeness (QED) is 0.508. The Balaban J connectivity index is 2.73. The Morgan fingerprint density at radius 1 is 1.30 bits per heavy atom. The summed E-state index contributed by atoms with van der Waals surface area (Å²) in [5.74, 6) is 0. The van der Waals surface area contributed by atoms with Crippen LogP contribution in [0.2, 0.25) is 0 Å². The number of rotatable bonds is 1. The highest BCUT2D eigenvalue weighted by Crippen LogP contribution is 2.49. The van der Waals surface area contributed by atoms with E-state index in [2.05, 4.69) is 34.3 Å². The summed E-state index contributed by atoms with van der Waals surface area (Å²) in [7, 11) is 0. The molecule has 0 aliphatic carbocycles. The fourth-order valence-electron chi connectivity index (χ4n) is 1.24. The standard InChI is InChI=1S/C9H16O/c1-6-7-8(2,3)9(4,5)10-7/h6-7H,1H2,2-5H3. The fraction of sp³-hybridized carbons (Fsp3) is 0.778. The third kappa shape index (κ3) is 0.734. The molecule has 0 aromatic heterocycles. The lowest BCUT2D eigenvalue weighted by atomic mass is 9.67. The summed E-state index contributed by atoms with van der Waals surface area (Å²) in [6.07, 6.45) is 2.12. The van der Waals surface area contributed by atoms with Crippen LogP contribution >= 0.6 is 0 Å². The maximum absolute atomic E-state index is 5.57. The van der Waals surface area contributed by atoms with Gasteiger partial charge in [0.2, 0.25) is 0 Å². The smallest absolute Gasteiger partial charge is 0.0839 e. The topological polar surface area (TPSA) is 9.23 Å². The van der Waals surface area contributed by atoms with Crippen molar-refractivity contribution in [2.24, 2.45) is 5.41 Å². The Kier molecular flexibility index (Phi) is 1.44. The van der Waals surface area contributed by atoms with Gasteiger partial charge in [0, 0.05) is 5.41 Å². The average molecular weight is 140 g/mol. The molecule has 1 heteroatoms. The second-order valence-electron chi connectivity index (χ2n) is 4.01. The molecule has 0 aromatic carbocycles. The maximum Gasteiger partial charge on any atom is 0.0839 e. The van der Waals surface area contributed by atoms with E-state index >= 15 is 0 Å². The number of hydrogen-bond donors (Lipinski definition) is 0. The molecule has 0 bridgehead atoms. The second-order valence-corrected chi connectivity index (χ2v) is 4.01. The first-order valence-electron chi connectivity index (χ1n) is 3.72. The minimum Gasteiger partial charge on any atom is -0.367 e. The van der Waals surface area contributed by atoms with Gasteiger partial charge in [-0.15, -0.1) is 6.58 Å². The molecule has 0 aromatic rings. The van der Waals surface area contributed by atoms with Crippen LogP contribution in [0.15, 0.2) is 12.7 Å². The first-order valence-corrected chi connectivity index (χ1v) is 3.72. The number of hydrogen-bond acceptors (Lipinski definition) is 1. The molecular formula is C9H16O. The minimum atomic E-state index is 0.0197. The summed E-state index contributed by atoms with van der Waals surface area (Å²) >= 11 is 0. The van der Waals surface area contributed by atoms with E-state index in [4.69, 9.17) is 4.74 Å². The van der Waals surface area contributed by atoms with Gasteiger partial charge in [-0.3, -0.25) is 0 Å². The Hall–Kier alpha value is -0.300. The minimum absolute atomic E-state index is 0.0197. The zero-order valence-corrected chi connectivity index (χ0v) is 7.27. The molecule has 1 nitrogen and oxygen atoms in total. The third-order valence-corrected chi connectivity index (χ3v) is 2.90. The summed E-state index contributed by atoms with van der Waals surface area (Å²) in [6.45, 7) is 12.4. The van der Waals surface area contributed by atoms with Crippen molar-refractivity contribution in [1.29, 1.82) is 0 Å². The van der Waals surface area contributed by atoms with Gasteiger partial charge in [-0.25, -0.2) is 0 Å². The van der Waals surface area contributed by atoms with Gasteiger partial charge in [0.15, 0.2) is 0 Å². The Morgan fingerprint density at radius 3 is 1.90 bits per heavy atom. The summed E-state index contributed by atoms with van der Waals surface area (Å²) in [4.78, 5) is 0. The van der Waals surface area contributed by atoms with E-state index in [1.54, 1.807) is 0 Å². The van der Waals surface area contributed by atoms with Crippen molar-refractivity contribution in [3.8, 4) is 0 Å². The Labute approximate surface area is 63.1 Å². The van der Waals surface area contributed by atoms with Gasteiger partial charge in [-0.05, 0) is 13.8 Å². The molecule has 1 atom stereocenters. The molecule has 1 saturated heterocycles. The van der Waals surface area contributed by atoms with E-state index in [0.717, 1.165) is 0 Å². The molecule has 58 valence electrons. The van der Waals surface area contributed by atoms with Crippen LogP contribution < -0.4 is 0 Å². The van der Waals surface area contributed by atoms with Crippen LogP contribution in [0.1, 0.15) is 27.7 Å². The molecular weight excluding hydrogens is 124 g/mol. The maximum atomic E-state index is 5.57. The summed E-state index contributed by atoms with van der Waals surface area (Å²) < 4.78 is 5.57. The van der Waals surface area contributed by atoms with Crippen LogP contribution in [0.3, 0.4) is 0 Å². The molecule has 0 radical (unpaired) electrons. The van der Waals surface area contributed by atoms with Crippen molar-refractivity contribution in [3.63, 3.8) is 0 Å². The van der Waals surface area contributed by atoms with Crippen LogP contribution in [0.4, 0.5) is 0 Å². The normalized spacial score (nSPS) is 34.6. The molecule has 0 N–H and O–H groups in total. The SMILES string of the molecule is C=CC1OC(C)(C)C1(C)C. The monoisotopic (exact) mass is 140 g/mol. The highest BCUT2D eigenvalue weighted by Gasteiger charge is 2.54. The molecule has 1 unspecified atom stereocenters. The molecule has 1 aliphatic rings. The van der Waals surface area contributed by atoms with E-state index in [9.17, 15) is 0 Å². The molecule has 0 amide bonds. The first-order chi connectivity index (χ1) is 4.42. The third-order valence-electron chi connectivity index (χ3n) is 2.90. The zero-order valence-electron chi connectivity index (χ0n) is 7.27. The Morgan fingerprint density at radius 2 is 1.80 bits per heavy atom. The van der Waals surface area contributed by atoms with Gasteiger partial charge < -0.3 is 4.74 Å². The summed E-state index contributed by atoms with van der Waals surface area (Å²) in [5.41, 5.74) is 0.264.